The second kappa shape index (κ2) is 12.7. The smallest absolute Gasteiger partial charge is 0.489 e. The normalized spacial score (nSPS) is 15.3. The quantitative estimate of drug-likeness (QED) is 0.110. The molecule has 204 valence electrons. The maximum Gasteiger partial charge on any atom is 0.866 e. The van der Waals surface area contributed by atoms with E-state index in [0.29, 0.717) is 39.8 Å². The molecule has 0 aliphatic carbocycles. The van der Waals surface area contributed by atoms with E-state index in [-0.39, 0.29) is 11.9 Å². The molecule has 0 saturated carbocycles. The summed E-state index contributed by atoms with van der Waals surface area (Å²) in [6.07, 6.45) is 0. The zero-order valence-electron chi connectivity index (χ0n) is 21.6. The predicted octanol–water partition coefficient (Wildman–Crippen LogP) is 3.31. The molecular weight excluding hydrogens is 523 g/mol. The summed E-state index contributed by atoms with van der Waals surface area (Å²) in [4.78, 5) is 20.7. The second-order valence-corrected chi connectivity index (χ2v) is 8.40. The molecule has 2 amide bonds. The number of para-hydroxylation sites is 4. The van der Waals surface area contributed by atoms with Crippen molar-refractivity contribution in [1.29, 1.82) is 0 Å². The number of hydrogen-bond donors (Lipinski definition) is 5. The lowest BCUT2D eigenvalue weighted by Crippen LogP contribution is -2.45. The average molecular weight is 548 g/mol. The highest BCUT2D eigenvalue weighted by Crippen LogP contribution is 2.25. The van der Waals surface area contributed by atoms with E-state index in [4.69, 9.17) is 25.4 Å². The Hall–Kier alpha value is -5.98. The molecule has 7 N–H and O–H groups in total. The number of carbonyl (C=O) groups excluding carboxylic acids is 1. The Morgan fingerprint density at radius 1 is 0.829 bits per heavy atom. The van der Waals surface area contributed by atoms with Crippen LogP contribution in [0, 0.1) is 0 Å². The summed E-state index contributed by atoms with van der Waals surface area (Å²) in [5.74, 6) is 1.32. The van der Waals surface area contributed by atoms with Crippen LogP contribution in [0.4, 0.5) is 16.2 Å². The maximum absolute atomic E-state index is 11.5. The number of aliphatic imine (C=N–C) groups is 2. The Morgan fingerprint density at radius 3 is 2.24 bits per heavy atom. The summed E-state index contributed by atoms with van der Waals surface area (Å²) < 4.78 is 18.0. The molecule has 5 rings (SSSR count). The van der Waals surface area contributed by atoms with E-state index in [1.165, 1.54) is 0 Å². The Labute approximate surface area is 235 Å². The lowest BCUT2D eigenvalue weighted by atomic mass is 10.1. The molecule has 0 aromatic heterocycles. The van der Waals surface area contributed by atoms with Gasteiger partial charge in [0.05, 0.1) is 22.5 Å². The fraction of sp³-hybridized carbons (Fsp3) is 0. The molecule has 4 aromatic rings. The Kier molecular flexibility index (Phi) is 8.26. The molecule has 41 heavy (non-hydrogen) atoms. The Bertz CT molecular complexity index is 1600. The lowest BCUT2D eigenvalue weighted by Gasteiger charge is -2.19. The number of nitrogens with two attached hydrogens (primary N) is 2. The summed E-state index contributed by atoms with van der Waals surface area (Å²) >= 11 is 0. The molecule has 1 heterocycles. The third-order valence-corrected chi connectivity index (χ3v) is 5.52. The van der Waals surface area contributed by atoms with Gasteiger partial charge in [-0.2, -0.15) is 0 Å². The van der Waals surface area contributed by atoms with Crippen molar-refractivity contribution in [2.75, 3.05) is 0 Å². The highest BCUT2D eigenvalue weighted by molar-refractivity contribution is 6.41. The standard InChI is InChI=1S/C28H25BN8O4/c30-27(38)36-34-25(32-19-11-3-1-4-12-19)21-15-7-9-17-23(21)39-29-40-24-18-10-8-16-22(24)26(35-37-28(31)41-29)33-20-13-5-2-6-14-20/h1-18H,(H2,31,37)(H,32,34)(H,33,35)(H3,30,36,38). The van der Waals surface area contributed by atoms with Gasteiger partial charge in [0.1, 0.15) is 11.5 Å². The molecule has 0 atom stereocenters. The van der Waals surface area contributed by atoms with Crippen LogP contribution < -0.4 is 37.1 Å². The number of amidine groups is 3. The monoisotopic (exact) mass is 548 g/mol. The molecule has 0 unspecified atom stereocenters. The van der Waals surface area contributed by atoms with Crippen LogP contribution >= 0.6 is 0 Å². The number of benzene rings is 4. The summed E-state index contributed by atoms with van der Waals surface area (Å²) in [5.41, 5.74) is 21.6. The summed E-state index contributed by atoms with van der Waals surface area (Å²) in [7, 11) is -1.37. The number of nitrogens with zero attached hydrogens (tertiary/aromatic N) is 3. The number of amides is 2. The topological polar surface area (TPSA) is 170 Å². The van der Waals surface area contributed by atoms with Crippen molar-refractivity contribution in [2.45, 2.75) is 0 Å². The van der Waals surface area contributed by atoms with Crippen molar-refractivity contribution < 1.29 is 18.8 Å². The number of hydrogen-bond acceptors (Lipinski definition) is 8. The van der Waals surface area contributed by atoms with Gasteiger partial charge in [0.2, 0.25) is 0 Å². The molecular formula is C28H25BN8O4. The Morgan fingerprint density at radius 2 is 1.49 bits per heavy atom. The largest absolute Gasteiger partial charge is 0.866 e. The van der Waals surface area contributed by atoms with Gasteiger partial charge in [-0.1, -0.05) is 60.7 Å². The minimum atomic E-state index is -1.37. The van der Waals surface area contributed by atoms with Crippen LogP contribution in [0.2, 0.25) is 0 Å². The van der Waals surface area contributed by atoms with Crippen LogP contribution in [-0.2, 0) is 4.65 Å². The maximum atomic E-state index is 11.5. The van der Waals surface area contributed by atoms with Crippen molar-refractivity contribution in [3.63, 3.8) is 0 Å². The molecule has 0 radical (unpaired) electrons. The fourth-order valence-electron chi connectivity index (χ4n) is 3.73. The zero-order valence-corrected chi connectivity index (χ0v) is 21.6. The summed E-state index contributed by atoms with van der Waals surface area (Å²) in [5, 5.41) is 4.11. The molecule has 0 bridgehead atoms. The van der Waals surface area contributed by atoms with Crippen LogP contribution in [0.15, 0.2) is 124 Å². The van der Waals surface area contributed by atoms with E-state index in [1.807, 2.05) is 60.7 Å². The van der Waals surface area contributed by atoms with Crippen molar-refractivity contribution in [1.82, 2.24) is 16.3 Å². The van der Waals surface area contributed by atoms with E-state index < -0.39 is 13.4 Å². The van der Waals surface area contributed by atoms with Crippen LogP contribution in [0.25, 0.3) is 0 Å². The molecule has 0 fully saturated rings. The average Bonchev–Trinajstić information content (AvgIpc) is 3.04. The van der Waals surface area contributed by atoms with Gasteiger partial charge in [0.15, 0.2) is 11.7 Å². The van der Waals surface area contributed by atoms with Gasteiger partial charge in [-0.15, -0.1) is 5.10 Å². The van der Waals surface area contributed by atoms with E-state index in [1.54, 1.807) is 48.5 Å². The SMILES string of the molecule is NC(=O)NNC(=Nc1ccccc1)c1ccccc1OB1O/C(N)=N\NC(=Nc2ccccc2)c2ccccc2O1. The van der Waals surface area contributed by atoms with Gasteiger partial charge < -0.3 is 25.4 Å². The minimum Gasteiger partial charge on any atom is -0.489 e. The van der Waals surface area contributed by atoms with Crippen LogP contribution in [-0.4, -0.2) is 31.0 Å². The van der Waals surface area contributed by atoms with Gasteiger partial charge in [0, 0.05) is 0 Å². The fourth-order valence-corrected chi connectivity index (χ4v) is 3.73. The first-order valence-electron chi connectivity index (χ1n) is 12.4. The zero-order chi connectivity index (χ0) is 28.4. The van der Waals surface area contributed by atoms with Gasteiger partial charge >= 0.3 is 13.4 Å². The lowest BCUT2D eigenvalue weighted by molar-refractivity contribution is 0.247. The molecule has 1 aliphatic rings. The minimum absolute atomic E-state index is 0.245. The number of carbonyl (C=O) groups is 1. The van der Waals surface area contributed by atoms with Gasteiger partial charge in [-0.25, -0.2) is 14.8 Å². The molecule has 1 aliphatic heterocycles. The number of hydrazine groups is 1. The first kappa shape index (κ1) is 26.6. The Balaban J connectivity index is 1.49. The third kappa shape index (κ3) is 7.12. The molecule has 0 spiro atoms. The molecule has 0 saturated heterocycles. The van der Waals surface area contributed by atoms with E-state index >= 15 is 0 Å². The van der Waals surface area contributed by atoms with Crippen molar-refractivity contribution in [2.24, 2.45) is 26.6 Å². The van der Waals surface area contributed by atoms with Crippen molar-refractivity contribution in [3.8, 4) is 11.5 Å². The highest BCUT2D eigenvalue weighted by Gasteiger charge is 2.34. The first-order valence-corrected chi connectivity index (χ1v) is 12.4. The van der Waals surface area contributed by atoms with Gasteiger partial charge in [0.25, 0.3) is 6.02 Å². The third-order valence-electron chi connectivity index (χ3n) is 5.52. The molecule has 13 heteroatoms. The van der Waals surface area contributed by atoms with E-state index in [0.717, 1.165) is 0 Å². The number of hydrazone groups is 1. The number of fused-ring (bicyclic) bond motifs is 1. The highest BCUT2D eigenvalue weighted by atomic mass is 16.7. The first-order chi connectivity index (χ1) is 20.0. The summed E-state index contributed by atoms with van der Waals surface area (Å²) in [6, 6.07) is 31.6. The van der Waals surface area contributed by atoms with Crippen molar-refractivity contribution >= 4 is 42.4 Å². The number of urea groups is 1. The number of rotatable bonds is 5. The van der Waals surface area contributed by atoms with Crippen LogP contribution in [0.1, 0.15) is 11.1 Å². The van der Waals surface area contributed by atoms with E-state index in [2.05, 4.69) is 31.4 Å². The molecule has 4 aromatic carbocycles. The second-order valence-electron chi connectivity index (χ2n) is 8.40. The van der Waals surface area contributed by atoms with Crippen LogP contribution in [0.3, 0.4) is 0 Å². The molecule has 12 nitrogen and oxygen atoms in total. The predicted molar refractivity (Wildman–Crippen MR) is 157 cm³/mol. The van der Waals surface area contributed by atoms with Crippen molar-refractivity contribution in [3.05, 3.63) is 120 Å². The van der Waals surface area contributed by atoms with E-state index in [9.17, 15) is 4.79 Å². The summed E-state index contributed by atoms with van der Waals surface area (Å²) in [6.45, 7) is 0. The number of nitrogens with one attached hydrogen (secondary N) is 3. The van der Waals surface area contributed by atoms with Crippen LogP contribution in [0.5, 0.6) is 11.5 Å². The number of primary amides is 1. The van der Waals surface area contributed by atoms with Gasteiger partial charge in [-0.05, 0) is 48.5 Å². The van der Waals surface area contributed by atoms with Gasteiger partial charge in [-0.3, -0.25) is 16.3 Å².